The molecule has 0 amide bonds. The zero-order valence-electron chi connectivity index (χ0n) is 19.0. The van der Waals surface area contributed by atoms with Crippen molar-refractivity contribution >= 4 is 0 Å². The highest BCUT2D eigenvalue weighted by Gasteiger charge is 2.51. The first-order valence-electron chi connectivity index (χ1n) is 11.7. The Morgan fingerprint density at radius 1 is 1.24 bits per heavy atom. The summed E-state index contributed by atoms with van der Waals surface area (Å²) in [5.74, 6) is 1.22. The van der Waals surface area contributed by atoms with Crippen molar-refractivity contribution in [1.82, 2.24) is 0 Å². The molecule has 3 rings (SSSR count). The van der Waals surface area contributed by atoms with Crippen LogP contribution >= 0.6 is 0 Å². The van der Waals surface area contributed by atoms with Crippen molar-refractivity contribution in [1.29, 1.82) is 0 Å². The van der Waals surface area contributed by atoms with Crippen LogP contribution in [0, 0.1) is 17.3 Å². The number of rotatable bonds is 6. The molecule has 3 aliphatic carbocycles. The maximum atomic E-state index is 10.0. The fourth-order valence-electron chi connectivity index (χ4n) is 6.06. The smallest absolute Gasteiger partial charge is 0.0613 e. The standard InChI is InChI=1S/C26H42O3/c1-18-8-11-22(27)17-21(18)10-9-20-7-6-14-26(5)23(12-13-24(20)26)19(2)29-16-15-25(3,4)28/h9-10,19,22-24,27-28H,1,6-8,11-17H2,2-5H3. The SMILES string of the molecule is C=C1CCC(O)CC1=CC=C1CCCC2(C)C1CCC2C(C)OCCC(C)(C)O. The number of fused-ring (bicyclic) bond motifs is 1. The molecule has 5 atom stereocenters. The van der Waals surface area contributed by atoms with Gasteiger partial charge in [-0.2, -0.15) is 0 Å². The Morgan fingerprint density at radius 3 is 2.72 bits per heavy atom. The van der Waals surface area contributed by atoms with Crippen molar-refractivity contribution < 1.29 is 14.9 Å². The molecule has 164 valence electrons. The van der Waals surface area contributed by atoms with E-state index in [2.05, 4.69) is 32.6 Å². The van der Waals surface area contributed by atoms with Gasteiger partial charge in [0.05, 0.1) is 17.8 Å². The van der Waals surface area contributed by atoms with Gasteiger partial charge in [0.1, 0.15) is 0 Å². The Labute approximate surface area is 177 Å². The number of hydrogen-bond donors (Lipinski definition) is 2. The van der Waals surface area contributed by atoms with E-state index in [9.17, 15) is 10.2 Å². The molecular formula is C26H42O3. The molecule has 0 heterocycles. The van der Waals surface area contributed by atoms with Crippen LogP contribution in [0.3, 0.4) is 0 Å². The lowest BCUT2D eigenvalue weighted by molar-refractivity contribution is -0.0454. The Morgan fingerprint density at radius 2 is 2.00 bits per heavy atom. The highest BCUT2D eigenvalue weighted by molar-refractivity contribution is 5.36. The summed E-state index contributed by atoms with van der Waals surface area (Å²) in [5.41, 5.74) is 3.67. The minimum atomic E-state index is -0.660. The molecule has 5 unspecified atom stereocenters. The van der Waals surface area contributed by atoms with Crippen LogP contribution in [0.25, 0.3) is 0 Å². The molecule has 3 saturated carbocycles. The van der Waals surface area contributed by atoms with Gasteiger partial charge in [0.25, 0.3) is 0 Å². The van der Waals surface area contributed by atoms with Crippen molar-refractivity contribution in [2.75, 3.05) is 6.61 Å². The molecule has 3 fully saturated rings. The number of hydrogen-bond acceptors (Lipinski definition) is 3. The third-order valence-electron chi connectivity index (χ3n) is 7.89. The second kappa shape index (κ2) is 9.08. The van der Waals surface area contributed by atoms with Crippen LogP contribution in [-0.4, -0.2) is 34.6 Å². The van der Waals surface area contributed by atoms with Crippen LogP contribution in [-0.2, 0) is 4.74 Å². The van der Waals surface area contributed by atoms with Gasteiger partial charge in [0.15, 0.2) is 0 Å². The highest BCUT2D eigenvalue weighted by atomic mass is 16.5. The molecule has 3 aliphatic rings. The molecule has 0 aromatic heterocycles. The predicted molar refractivity (Wildman–Crippen MR) is 120 cm³/mol. The predicted octanol–water partition coefficient (Wildman–Crippen LogP) is 5.72. The Kier molecular flexibility index (Phi) is 7.13. The first kappa shape index (κ1) is 22.8. The number of allylic oxidation sites excluding steroid dienone is 4. The molecule has 0 aromatic rings. The molecular weight excluding hydrogens is 360 g/mol. The van der Waals surface area contributed by atoms with Crippen molar-refractivity contribution in [2.24, 2.45) is 17.3 Å². The van der Waals surface area contributed by atoms with Gasteiger partial charge < -0.3 is 14.9 Å². The maximum absolute atomic E-state index is 10.0. The van der Waals surface area contributed by atoms with Gasteiger partial charge >= 0.3 is 0 Å². The quantitative estimate of drug-likeness (QED) is 0.597. The van der Waals surface area contributed by atoms with E-state index in [1.165, 1.54) is 43.3 Å². The Hall–Kier alpha value is -0.900. The summed E-state index contributed by atoms with van der Waals surface area (Å²) < 4.78 is 6.20. The third-order valence-corrected chi connectivity index (χ3v) is 7.89. The summed E-state index contributed by atoms with van der Waals surface area (Å²) in [6.45, 7) is 13.2. The molecule has 29 heavy (non-hydrogen) atoms. The minimum absolute atomic E-state index is 0.209. The zero-order chi connectivity index (χ0) is 21.2. The summed E-state index contributed by atoms with van der Waals surface area (Å²) in [5, 5.41) is 20.0. The average Bonchev–Trinajstić information content (AvgIpc) is 2.99. The summed E-state index contributed by atoms with van der Waals surface area (Å²) >= 11 is 0. The molecule has 0 aromatic carbocycles. The second-order valence-electron chi connectivity index (χ2n) is 10.7. The minimum Gasteiger partial charge on any atom is -0.393 e. The van der Waals surface area contributed by atoms with E-state index in [0.29, 0.717) is 30.3 Å². The summed E-state index contributed by atoms with van der Waals surface area (Å²) in [6, 6.07) is 0. The van der Waals surface area contributed by atoms with E-state index in [-0.39, 0.29) is 12.2 Å². The van der Waals surface area contributed by atoms with Gasteiger partial charge in [-0.25, -0.2) is 0 Å². The third kappa shape index (κ3) is 5.42. The Balaban J connectivity index is 1.68. The summed E-state index contributed by atoms with van der Waals surface area (Å²) in [6.07, 6.45) is 14.0. The first-order chi connectivity index (χ1) is 13.6. The van der Waals surface area contributed by atoms with Gasteiger partial charge in [-0.1, -0.05) is 36.8 Å². The van der Waals surface area contributed by atoms with Crippen molar-refractivity contribution in [3.63, 3.8) is 0 Å². The van der Waals surface area contributed by atoms with Gasteiger partial charge in [-0.3, -0.25) is 0 Å². The van der Waals surface area contributed by atoms with E-state index >= 15 is 0 Å². The van der Waals surface area contributed by atoms with Crippen LogP contribution in [0.1, 0.15) is 85.5 Å². The van der Waals surface area contributed by atoms with E-state index in [4.69, 9.17) is 4.74 Å². The molecule has 3 nitrogen and oxygen atoms in total. The van der Waals surface area contributed by atoms with Crippen molar-refractivity contribution in [3.05, 3.63) is 35.5 Å². The molecule has 0 saturated heterocycles. The molecule has 3 heteroatoms. The lowest BCUT2D eigenvalue weighted by Gasteiger charge is -2.44. The molecule has 0 bridgehead atoms. The normalized spacial score (nSPS) is 37.2. The van der Waals surface area contributed by atoms with Gasteiger partial charge in [0, 0.05) is 6.61 Å². The number of aliphatic hydroxyl groups is 2. The van der Waals surface area contributed by atoms with E-state index < -0.39 is 5.60 Å². The van der Waals surface area contributed by atoms with Crippen LogP contribution in [0.15, 0.2) is 35.5 Å². The van der Waals surface area contributed by atoms with E-state index in [0.717, 1.165) is 19.3 Å². The zero-order valence-corrected chi connectivity index (χ0v) is 19.0. The van der Waals surface area contributed by atoms with Crippen LogP contribution < -0.4 is 0 Å². The van der Waals surface area contributed by atoms with Gasteiger partial charge in [-0.15, -0.1) is 0 Å². The molecule has 2 N–H and O–H groups in total. The molecule has 0 aliphatic heterocycles. The number of aliphatic hydroxyl groups excluding tert-OH is 1. The topological polar surface area (TPSA) is 49.7 Å². The fourth-order valence-corrected chi connectivity index (χ4v) is 6.06. The average molecular weight is 403 g/mol. The highest BCUT2D eigenvalue weighted by Crippen LogP contribution is 2.58. The second-order valence-corrected chi connectivity index (χ2v) is 10.7. The molecule has 0 radical (unpaired) electrons. The van der Waals surface area contributed by atoms with Crippen LogP contribution in [0.5, 0.6) is 0 Å². The molecule has 0 spiro atoms. The maximum Gasteiger partial charge on any atom is 0.0613 e. The fraction of sp³-hybridized carbons (Fsp3) is 0.769. The van der Waals surface area contributed by atoms with Crippen LogP contribution in [0.4, 0.5) is 0 Å². The van der Waals surface area contributed by atoms with Crippen molar-refractivity contribution in [2.45, 2.75) is 103 Å². The lowest BCUT2D eigenvalue weighted by atomic mass is 9.62. The Bertz CT molecular complexity index is 653. The first-order valence-corrected chi connectivity index (χ1v) is 11.7. The lowest BCUT2D eigenvalue weighted by Crippen LogP contribution is -2.39. The van der Waals surface area contributed by atoms with E-state index in [1.54, 1.807) is 5.57 Å². The number of ether oxygens (including phenoxy) is 1. The summed E-state index contributed by atoms with van der Waals surface area (Å²) in [4.78, 5) is 0. The van der Waals surface area contributed by atoms with E-state index in [1.807, 2.05) is 13.8 Å². The summed E-state index contributed by atoms with van der Waals surface area (Å²) in [7, 11) is 0. The van der Waals surface area contributed by atoms with Crippen LogP contribution in [0.2, 0.25) is 0 Å². The van der Waals surface area contributed by atoms with Gasteiger partial charge in [0.2, 0.25) is 0 Å². The largest absolute Gasteiger partial charge is 0.393 e. The van der Waals surface area contributed by atoms with Gasteiger partial charge in [-0.05, 0) is 101 Å². The monoisotopic (exact) mass is 402 g/mol. The van der Waals surface area contributed by atoms with Crippen molar-refractivity contribution in [3.8, 4) is 0 Å².